The van der Waals surface area contributed by atoms with Crippen molar-refractivity contribution >= 4 is 21.9 Å². The molecule has 0 amide bonds. The molecule has 1 aliphatic carbocycles. The molecule has 1 fully saturated rings. The highest BCUT2D eigenvalue weighted by Crippen LogP contribution is 2.47. The van der Waals surface area contributed by atoms with Gasteiger partial charge in [0.1, 0.15) is 0 Å². The molecule has 1 unspecified atom stereocenters. The standard InChI is InChI=1S/C12H12BrFO3/c13-7-3-9(12(17)10(14)4-7)8(5-11(15)16)6-1-2-6/h3-4,6,8,17H,1-2,5H2,(H,15,16). The summed E-state index contributed by atoms with van der Waals surface area (Å²) in [6.45, 7) is 0. The minimum absolute atomic E-state index is 0.0753. The number of rotatable bonds is 4. The highest BCUT2D eigenvalue weighted by atomic mass is 79.9. The van der Waals surface area contributed by atoms with E-state index >= 15 is 0 Å². The van der Waals surface area contributed by atoms with Crippen LogP contribution in [-0.2, 0) is 4.79 Å². The van der Waals surface area contributed by atoms with E-state index in [9.17, 15) is 14.3 Å². The van der Waals surface area contributed by atoms with Crippen LogP contribution in [0, 0.1) is 11.7 Å². The molecule has 1 aromatic rings. The molecule has 0 bridgehead atoms. The third-order valence-electron chi connectivity index (χ3n) is 3.04. The number of carboxylic acid groups (broad SMARTS) is 1. The SMILES string of the molecule is O=C(O)CC(c1cc(Br)cc(F)c1O)C1CC1. The van der Waals surface area contributed by atoms with E-state index in [2.05, 4.69) is 15.9 Å². The van der Waals surface area contributed by atoms with E-state index in [1.54, 1.807) is 6.07 Å². The quantitative estimate of drug-likeness (QED) is 0.897. The van der Waals surface area contributed by atoms with Crippen molar-refractivity contribution in [2.24, 2.45) is 5.92 Å². The second kappa shape index (κ2) is 4.64. The van der Waals surface area contributed by atoms with E-state index in [4.69, 9.17) is 5.11 Å². The zero-order chi connectivity index (χ0) is 12.6. The Hall–Kier alpha value is -1.10. The summed E-state index contributed by atoms with van der Waals surface area (Å²) in [7, 11) is 0. The number of hydrogen-bond acceptors (Lipinski definition) is 2. The predicted octanol–water partition coefficient (Wildman–Crippen LogP) is 3.26. The van der Waals surface area contributed by atoms with Gasteiger partial charge in [-0.2, -0.15) is 0 Å². The molecule has 2 rings (SSSR count). The Balaban J connectivity index is 2.38. The number of halogens is 2. The van der Waals surface area contributed by atoms with Crippen molar-refractivity contribution in [3.8, 4) is 5.75 Å². The van der Waals surface area contributed by atoms with Crippen LogP contribution < -0.4 is 0 Å². The summed E-state index contributed by atoms with van der Waals surface area (Å²) in [5.41, 5.74) is 0.391. The molecule has 1 aromatic carbocycles. The van der Waals surface area contributed by atoms with Gasteiger partial charge in [-0.1, -0.05) is 15.9 Å². The molecule has 2 N–H and O–H groups in total. The number of carbonyl (C=O) groups is 1. The summed E-state index contributed by atoms with van der Waals surface area (Å²) < 4.78 is 13.9. The van der Waals surface area contributed by atoms with Crippen LogP contribution in [-0.4, -0.2) is 16.2 Å². The van der Waals surface area contributed by atoms with Crippen molar-refractivity contribution in [3.63, 3.8) is 0 Å². The van der Waals surface area contributed by atoms with Crippen LogP contribution in [0.3, 0.4) is 0 Å². The maximum absolute atomic E-state index is 13.4. The van der Waals surface area contributed by atoms with Crippen molar-refractivity contribution in [2.75, 3.05) is 0 Å². The molecular weight excluding hydrogens is 291 g/mol. The lowest BCUT2D eigenvalue weighted by Crippen LogP contribution is -2.09. The lowest BCUT2D eigenvalue weighted by Gasteiger charge is -2.16. The molecule has 0 heterocycles. The van der Waals surface area contributed by atoms with Gasteiger partial charge in [0.05, 0.1) is 6.42 Å². The molecule has 0 aromatic heterocycles. The van der Waals surface area contributed by atoms with Gasteiger partial charge in [-0.05, 0) is 30.9 Å². The van der Waals surface area contributed by atoms with E-state index in [1.165, 1.54) is 6.07 Å². The summed E-state index contributed by atoms with van der Waals surface area (Å²) in [5, 5.41) is 18.6. The van der Waals surface area contributed by atoms with E-state index in [0.717, 1.165) is 12.8 Å². The van der Waals surface area contributed by atoms with Gasteiger partial charge in [-0.3, -0.25) is 4.79 Å². The fourth-order valence-electron chi connectivity index (χ4n) is 2.09. The predicted molar refractivity (Wildman–Crippen MR) is 63.5 cm³/mol. The van der Waals surface area contributed by atoms with E-state index in [-0.39, 0.29) is 18.3 Å². The van der Waals surface area contributed by atoms with E-state index in [0.29, 0.717) is 10.0 Å². The molecule has 0 saturated heterocycles. The van der Waals surface area contributed by atoms with Crippen LogP contribution in [0.15, 0.2) is 16.6 Å². The molecule has 0 radical (unpaired) electrons. The van der Waals surface area contributed by atoms with Gasteiger partial charge < -0.3 is 10.2 Å². The number of hydrogen-bond donors (Lipinski definition) is 2. The molecule has 0 spiro atoms. The normalized spacial score (nSPS) is 16.8. The average molecular weight is 303 g/mol. The first-order chi connectivity index (χ1) is 7.99. The van der Waals surface area contributed by atoms with E-state index < -0.39 is 17.5 Å². The fraction of sp³-hybridized carbons (Fsp3) is 0.417. The third-order valence-corrected chi connectivity index (χ3v) is 3.50. The van der Waals surface area contributed by atoms with Gasteiger partial charge in [-0.25, -0.2) is 4.39 Å². The summed E-state index contributed by atoms with van der Waals surface area (Å²) >= 11 is 3.15. The van der Waals surface area contributed by atoms with Gasteiger partial charge in [0.15, 0.2) is 11.6 Å². The Bertz CT molecular complexity index is 457. The van der Waals surface area contributed by atoms with Gasteiger partial charge in [0, 0.05) is 16.0 Å². The van der Waals surface area contributed by atoms with Crippen molar-refractivity contribution < 1.29 is 19.4 Å². The van der Waals surface area contributed by atoms with Crippen LogP contribution in [0.4, 0.5) is 4.39 Å². The fourth-order valence-corrected chi connectivity index (χ4v) is 2.53. The Morgan fingerprint density at radius 3 is 2.71 bits per heavy atom. The van der Waals surface area contributed by atoms with Crippen LogP contribution >= 0.6 is 15.9 Å². The zero-order valence-electron chi connectivity index (χ0n) is 8.99. The van der Waals surface area contributed by atoms with Gasteiger partial charge in [0.2, 0.25) is 0 Å². The minimum Gasteiger partial charge on any atom is -0.505 e. The highest BCUT2D eigenvalue weighted by molar-refractivity contribution is 9.10. The number of benzene rings is 1. The minimum atomic E-state index is -0.929. The van der Waals surface area contributed by atoms with Gasteiger partial charge >= 0.3 is 5.97 Å². The van der Waals surface area contributed by atoms with Crippen LogP contribution in [0.1, 0.15) is 30.7 Å². The van der Waals surface area contributed by atoms with E-state index in [1.807, 2.05) is 0 Å². The van der Waals surface area contributed by atoms with Crippen molar-refractivity contribution in [3.05, 3.63) is 28.0 Å². The lowest BCUT2D eigenvalue weighted by molar-refractivity contribution is -0.137. The average Bonchev–Trinajstić information content (AvgIpc) is 3.03. The first-order valence-corrected chi connectivity index (χ1v) is 6.18. The van der Waals surface area contributed by atoms with Crippen LogP contribution in [0.5, 0.6) is 5.75 Å². The highest BCUT2D eigenvalue weighted by Gasteiger charge is 2.35. The smallest absolute Gasteiger partial charge is 0.303 e. The maximum Gasteiger partial charge on any atom is 0.303 e. The zero-order valence-corrected chi connectivity index (χ0v) is 10.6. The van der Waals surface area contributed by atoms with Gasteiger partial charge in [0.25, 0.3) is 0 Å². The molecule has 0 aliphatic heterocycles. The van der Waals surface area contributed by atoms with Crippen LogP contribution in [0.2, 0.25) is 0 Å². The molecule has 92 valence electrons. The molecule has 1 saturated carbocycles. The second-order valence-corrected chi connectivity index (χ2v) is 5.28. The Kier molecular flexibility index (Phi) is 3.38. The summed E-state index contributed by atoms with van der Waals surface area (Å²) in [4.78, 5) is 10.8. The monoisotopic (exact) mass is 302 g/mol. The Morgan fingerprint density at radius 1 is 1.53 bits per heavy atom. The molecule has 1 atom stereocenters. The number of carboxylic acids is 1. The molecule has 17 heavy (non-hydrogen) atoms. The molecular formula is C12H12BrFO3. The topological polar surface area (TPSA) is 57.5 Å². The summed E-state index contributed by atoms with van der Waals surface area (Å²) in [6.07, 6.45) is 1.80. The van der Waals surface area contributed by atoms with Crippen LogP contribution in [0.25, 0.3) is 0 Å². The third kappa shape index (κ3) is 2.77. The summed E-state index contributed by atoms with van der Waals surface area (Å²) in [6, 6.07) is 2.77. The molecule has 3 nitrogen and oxygen atoms in total. The lowest BCUT2D eigenvalue weighted by atomic mass is 9.90. The van der Waals surface area contributed by atoms with Crippen molar-refractivity contribution in [1.29, 1.82) is 0 Å². The molecule has 5 heteroatoms. The Labute approximate surface area is 106 Å². The first-order valence-electron chi connectivity index (χ1n) is 5.38. The summed E-state index contributed by atoms with van der Waals surface area (Å²) in [5.74, 6) is -2.14. The van der Waals surface area contributed by atoms with Crippen molar-refractivity contribution in [1.82, 2.24) is 0 Å². The van der Waals surface area contributed by atoms with Gasteiger partial charge in [-0.15, -0.1) is 0 Å². The maximum atomic E-state index is 13.4. The largest absolute Gasteiger partial charge is 0.505 e. The first kappa shape index (κ1) is 12.4. The molecule has 1 aliphatic rings. The number of phenols is 1. The van der Waals surface area contributed by atoms with Crippen molar-refractivity contribution in [2.45, 2.75) is 25.2 Å². The Morgan fingerprint density at radius 2 is 2.18 bits per heavy atom. The second-order valence-electron chi connectivity index (χ2n) is 4.37. The number of aliphatic carboxylic acids is 1. The number of phenolic OH excluding ortho intramolecular Hbond substituents is 1. The number of aromatic hydroxyl groups is 1.